The number of sulfonamides is 1. The van der Waals surface area contributed by atoms with Crippen LogP contribution in [0.3, 0.4) is 0 Å². The van der Waals surface area contributed by atoms with Crippen molar-refractivity contribution >= 4 is 32.8 Å². The lowest BCUT2D eigenvalue weighted by molar-refractivity contribution is 0.356. The zero-order valence-electron chi connectivity index (χ0n) is 14.4. The van der Waals surface area contributed by atoms with E-state index in [1.54, 1.807) is 7.11 Å². The summed E-state index contributed by atoms with van der Waals surface area (Å²) < 4.78 is 32.1. The molecule has 2 aromatic heterocycles. The van der Waals surface area contributed by atoms with Gasteiger partial charge in [-0.05, 0) is 6.42 Å². The van der Waals surface area contributed by atoms with Crippen molar-refractivity contribution in [2.75, 3.05) is 20.4 Å². The van der Waals surface area contributed by atoms with Gasteiger partial charge in [-0.3, -0.25) is 4.57 Å². The molecule has 0 aliphatic rings. The van der Waals surface area contributed by atoms with E-state index in [2.05, 4.69) is 16.9 Å². The standard InChI is InChI=1S/C15H23ClN4O3S/c1-5-6-7-8-20-13-11(10-19(2)24(4,21)22)12(16)9-17-14(13)18-15(20)23-3/h9H,5-8,10H2,1-4H3. The number of hydrogen-bond acceptors (Lipinski definition) is 5. The summed E-state index contributed by atoms with van der Waals surface area (Å²) in [6.07, 6.45) is 5.80. The fourth-order valence-corrected chi connectivity index (χ4v) is 3.05. The number of halogens is 1. The summed E-state index contributed by atoms with van der Waals surface area (Å²) in [5, 5.41) is 0.414. The Morgan fingerprint density at radius 3 is 2.67 bits per heavy atom. The molecule has 0 spiro atoms. The maximum Gasteiger partial charge on any atom is 0.298 e. The molecule has 0 unspecified atom stereocenters. The van der Waals surface area contributed by atoms with Gasteiger partial charge in [-0.2, -0.15) is 4.98 Å². The third kappa shape index (κ3) is 3.99. The molecule has 0 radical (unpaired) electrons. The van der Waals surface area contributed by atoms with Gasteiger partial charge < -0.3 is 4.74 Å². The fraction of sp³-hybridized carbons (Fsp3) is 0.600. The number of methoxy groups -OCH3 is 1. The highest BCUT2D eigenvalue weighted by molar-refractivity contribution is 7.88. The largest absolute Gasteiger partial charge is 0.468 e. The van der Waals surface area contributed by atoms with E-state index in [4.69, 9.17) is 16.3 Å². The summed E-state index contributed by atoms with van der Waals surface area (Å²) in [5.74, 6) is 0. The van der Waals surface area contributed by atoms with Gasteiger partial charge in [0, 0.05) is 31.9 Å². The SMILES string of the molecule is CCCCCn1c(OC)nc2ncc(Cl)c(CN(C)S(C)(=O)=O)c21. The lowest BCUT2D eigenvalue weighted by atomic mass is 10.2. The van der Waals surface area contributed by atoms with Crippen LogP contribution in [0.15, 0.2) is 6.20 Å². The van der Waals surface area contributed by atoms with Crippen molar-refractivity contribution in [3.63, 3.8) is 0 Å². The van der Waals surface area contributed by atoms with Crippen LogP contribution in [-0.2, 0) is 23.1 Å². The zero-order valence-corrected chi connectivity index (χ0v) is 16.0. The number of fused-ring (bicyclic) bond motifs is 1. The zero-order chi connectivity index (χ0) is 17.9. The van der Waals surface area contributed by atoms with Crippen LogP contribution in [0.4, 0.5) is 0 Å². The third-order valence-electron chi connectivity index (χ3n) is 3.90. The number of aryl methyl sites for hydroxylation is 1. The number of rotatable bonds is 8. The summed E-state index contributed by atoms with van der Waals surface area (Å²) in [5.41, 5.74) is 1.91. The minimum absolute atomic E-state index is 0.152. The minimum atomic E-state index is -3.33. The van der Waals surface area contributed by atoms with Crippen LogP contribution < -0.4 is 4.74 Å². The molecular formula is C15H23ClN4O3S. The van der Waals surface area contributed by atoms with Crippen LogP contribution >= 0.6 is 11.6 Å². The molecule has 2 aromatic rings. The van der Waals surface area contributed by atoms with Crippen molar-refractivity contribution in [2.24, 2.45) is 0 Å². The average molecular weight is 375 g/mol. The van der Waals surface area contributed by atoms with E-state index in [0.29, 0.717) is 28.8 Å². The van der Waals surface area contributed by atoms with Crippen molar-refractivity contribution in [1.29, 1.82) is 0 Å². The van der Waals surface area contributed by atoms with Crippen molar-refractivity contribution in [2.45, 2.75) is 39.3 Å². The van der Waals surface area contributed by atoms with E-state index in [1.807, 2.05) is 4.57 Å². The van der Waals surface area contributed by atoms with Crippen LogP contribution in [0.25, 0.3) is 11.2 Å². The van der Waals surface area contributed by atoms with Crippen LogP contribution in [0.1, 0.15) is 31.7 Å². The van der Waals surface area contributed by atoms with Crippen LogP contribution in [0.5, 0.6) is 6.01 Å². The number of nitrogens with zero attached hydrogens (tertiary/aromatic N) is 4. The van der Waals surface area contributed by atoms with E-state index >= 15 is 0 Å². The molecule has 0 saturated carbocycles. The summed E-state index contributed by atoms with van der Waals surface area (Å²) in [4.78, 5) is 8.64. The second-order valence-electron chi connectivity index (χ2n) is 5.73. The van der Waals surface area contributed by atoms with Gasteiger partial charge in [0.15, 0.2) is 5.65 Å². The van der Waals surface area contributed by atoms with E-state index in [0.717, 1.165) is 24.8 Å². The molecule has 134 valence electrons. The Labute approximate surface area is 147 Å². The highest BCUT2D eigenvalue weighted by atomic mass is 35.5. The second-order valence-corrected chi connectivity index (χ2v) is 8.23. The lowest BCUT2D eigenvalue weighted by Gasteiger charge is -2.17. The Balaban J connectivity index is 2.56. The number of imidazole rings is 1. The Morgan fingerprint density at radius 1 is 1.38 bits per heavy atom. The molecule has 2 rings (SSSR count). The monoisotopic (exact) mass is 374 g/mol. The molecule has 0 fully saturated rings. The van der Waals surface area contributed by atoms with E-state index in [-0.39, 0.29) is 6.54 Å². The van der Waals surface area contributed by atoms with Gasteiger partial charge in [-0.25, -0.2) is 17.7 Å². The van der Waals surface area contributed by atoms with Crippen LogP contribution in [0, 0.1) is 0 Å². The molecule has 0 bridgehead atoms. The molecule has 2 heterocycles. The molecule has 0 aromatic carbocycles. The van der Waals surface area contributed by atoms with Crippen molar-refractivity contribution in [3.05, 3.63) is 16.8 Å². The molecule has 0 saturated heterocycles. The van der Waals surface area contributed by atoms with Gasteiger partial charge in [0.05, 0.1) is 23.9 Å². The van der Waals surface area contributed by atoms with Crippen molar-refractivity contribution < 1.29 is 13.2 Å². The van der Waals surface area contributed by atoms with Gasteiger partial charge >= 0.3 is 0 Å². The molecule has 0 N–H and O–H groups in total. The van der Waals surface area contributed by atoms with Gasteiger partial charge in [0.2, 0.25) is 10.0 Å². The molecule has 0 aliphatic heterocycles. The molecule has 24 heavy (non-hydrogen) atoms. The van der Waals surface area contributed by atoms with E-state index in [9.17, 15) is 8.42 Å². The first-order chi connectivity index (χ1) is 11.3. The highest BCUT2D eigenvalue weighted by Crippen LogP contribution is 2.29. The Hall–Kier alpha value is -1.38. The quantitative estimate of drug-likeness (QED) is 0.664. The number of ether oxygens (including phenoxy) is 1. The van der Waals surface area contributed by atoms with Gasteiger partial charge in [0.1, 0.15) is 0 Å². The predicted molar refractivity (Wildman–Crippen MR) is 94.9 cm³/mol. The fourth-order valence-electron chi connectivity index (χ4n) is 2.49. The minimum Gasteiger partial charge on any atom is -0.468 e. The van der Waals surface area contributed by atoms with Gasteiger partial charge in [0.25, 0.3) is 6.01 Å². The molecular weight excluding hydrogens is 352 g/mol. The Morgan fingerprint density at radius 2 is 2.08 bits per heavy atom. The molecule has 9 heteroatoms. The Kier molecular flexibility index (Phi) is 6.06. The molecule has 0 amide bonds. The first-order valence-corrected chi connectivity index (χ1v) is 10.0. The number of hydrogen-bond donors (Lipinski definition) is 0. The highest BCUT2D eigenvalue weighted by Gasteiger charge is 2.21. The second kappa shape index (κ2) is 7.67. The summed E-state index contributed by atoms with van der Waals surface area (Å²) in [6.45, 7) is 3.00. The molecule has 0 atom stereocenters. The number of unbranched alkanes of at least 4 members (excludes halogenated alkanes) is 2. The van der Waals surface area contributed by atoms with Gasteiger partial charge in [-0.1, -0.05) is 31.4 Å². The predicted octanol–water partition coefficient (Wildman–Crippen LogP) is 2.67. The van der Waals surface area contributed by atoms with E-state index < -0.39 is 10.0 Å². The van der Waals surface area contributed by atoms with Crippen molar-refractivity contribution in [3.8, 4) is 6.01 Å². The third-order valence-corrected chi connectivity index (χ3v) is 5.49. The first kappa shape index (κ1) is 19.0. The van der Waals surface area contributed by atoms with Crippen LogP contribution in [-0.4, -0.2) is 47.7 Å². The molecule has 7 nitrogen and oxygen atoms in total. The number of pyridine rings is 1. The van der Waals surface area contributed by atoms with Crippen molar-refractivity contribution in [1.82, 2.24) is 18.8 Å². The summed E-state index contributed by atoms with van der Waals surface area (Å²) >= 11 is 6.32. The van der Waals surface area contributed by atoms with Crippen LogP contribution in [0.2, 0.25) is 5.02 Å². The summed E-state index contributed by atoms with van der Waals surface area (Å²) in [6, 6.07) is 0.458. The normalized spacial score (nSPS) is 12.2. The maximum atomic E-state index is 11.8. The summed E-state index contributed by atoms with van der Waals surface area (Å²) in [7, 11) is -0.248. The first-order valence-electron chi connectivity index (χ1n) is 7.78. The lowest BCUT2D eigenvalue weighted by Crippen LogP contribution is -2.25. The average Bonchev–Trinajstić information content (AvgIpc) is 2.87. The number of aromatic nitrogens is 3. The van der Waals surface area contributed by atoms with E-state index in [1.165, 1.54) is 23.8 Å². The smallest absolute Gasteiger partial charge is 0.298 e. The van der Waals surface area contributed by atoms with Gasteiger partial charge in [-0.15, -0.1) is 0 Å². The maximum absolute atomic E-state index is 11.8. The molecule has 0 aliphatic carbocycles. The topological polar surface area (TPSA) is 77.3 Å². The Bertz CT molecular complexity index is 820.